The van der Waals surface area contributed by atoms with Gasteiger partial charge in [0.25, 0.3) is 0 Å². The molecule has 2 N–H and O–H groups in total. The highest BCUT2D eigenvalue weighted by atomic mass is 79.9. The Kier molecular flexibility index (Phi) is 36.2. The Labute approximate surface area is 880 Å². The van der Waals surface area contributed by atoms with E-state index in [1.165, 1.54) is 99.1 Å². The van der Waals surface area contributed by atoms with E-state index in [4.69, 9.17) is 4.98 Å². The highest BCUT2D eigenvalue weighted by molar-refractivity contribution is 9.11. The van der Waals surface area contributed by atoms with Crippen molar-refractivity contribution in [3.05, 3.63) is 290 Å². The molecule has 0 bridgehead atoms. The van der Waals surface area contributed by atoms with Gasteiger partial charge >= 0.3 is 0 Å². The van der Waals surface area contributed by atoms with Gasteiger partial charge in [-0.1, -0.05) is 95.9 Å². The summed E-state index contributed by atoms with van der Waals surface area (Å²) in [4.78, 5) is 102. The van der Waals surface area contributed by atoms with Crippen LogP contribution in [0.5, 0.6) is 0 Å². The van der Waals surface area contributed by atoms with Crippen molar-refractivity contribution < 1.29 is 39.0 Å². The molecule has 0 radical (unpaired) electrons. The second kappa shape index (κ2) is 47.2. The molecule has 143 heavy (non-hydrogen) atoms. The smallest absolute Gasteiger partial charge is 0.181 e. The molecule has 754 valence electrons. The monoisotopic (exact) mass is 2250 g/mol. The molecule has 16 heterocycles. The summed E-state index contributed by atoms with van der Waals surface area (Å²) in [6.45, 7) is 21.1. The van der Waals surface area contributed by atoms with Crippen molar-refractivity contribution in [1.29, 1.82) is 0 Å². The molecule has 0 spiro atoms. The maximum absolute atomic E-state index is 11.8. The van der Waals surface area contributed by atoms with Gasteiger partial charge in [0.2, 0.25) is 0 Å². The Bertz CT molecular complexity index is 7050. The lowest BCUT2D eigenvalue weighted by Crippen LogP contribution is -2.28. The first-order chi connectivity index (χ1) is 66.7. The van der Waals surface area contributed by atoms with Crippen LogP contribution in [-0.4, -0.2) is 125 Å². The highest BCUT2D eigenvalue weighted by Gasteiger charge is 2.37. The number of Topliss-reactive ketones (excluding diaryl/α,β-unsaturated/α-hetero) is 6. The highest BCUT2D eigenvalue weighted by Crippen LogP contribution is 2.40. The normalized spacial score (nSPS) is 18.9. The number of alkyl halides is 1. The van der Waals surface area contributed by atoms with Gasteiger partial charge in [0.05, 0.1) is 74.7 Å². The molecule has 10 aliphatic carbocycles. The standard InChI is InChI=1S/C13H16N2O.C13H16N2.C13H14N2.C12H13BrN2O.C12H13BrN2.C12H11BrN2.C12H12N2O.C11H9BrN2O.C6H7BrO2.C6H8O2.4CH4/c1-9-5-6-11-14-10-4-3-7-13(2,16)12(10)15(11)8-9;2*1-9-6-7-12-14-11-5-3-4-10(2)13(11)15(12)8-9;1-12(16)6-2-3-9-11(12)15-7-8(13)4-5-10(15)14-9;2*1-8-3-2-4-10-12(8)15-7-9(13)5-6-11(15)14-10;1-8-5-6-11-13-9-3-2-4-10(15)12(9)14(11)7-8;12-7-4-5-10-13-8-2-1-3-9(15)11(8)14(10)6-7;7-6-4(8)2-1-3-5(6)9;7-5-2-1-3-6(8)4-5;;;;/h5-6,8,16H,3-4,7H2,1-2H3;6-8,10H,3-5H2,1-2H3;4,6-8H,3,5H2,1-2H3;4-5,7,16H,2-3,6H2,1H3;5-8H,2-4H2,1H3;3,5-7H,2,4H2,1H3;5-7H,2-4H2,1H3;4-6H,1-3H2;6H,1-3H2;1-4H2;4*1H4. The van der Waals surface area contributed by atoms with Crippen LogP contribution in [0.25, 0.3) is 56.3 Å². The maximum atomic E-state index is 11.8. The number of imidazole rings is 8. The fourth-order valence-electron chi connectivity index (χ4n) is 20.9. The number of carbonyl (C=O) groups is 6. The third-order valence-corrected chi connectivity index (χ3v) is 30.5. The summed E-state index contributed by atoms with van der Waals surface area (Å²) in [7, 11) is 0. The molecule has 0 saturated heterocycles. The van der Waals surface area contributed by atoms with Gasteiger partial charge in [0.15, 0.2) is 23.1 Å². The topological polar surface area (TPSA) is 281 Å². The number of aryl methyl sites for hydroxylation is 12. The van der Waals surface area contributed by atoms with Crippen LogP contribution in [0.3, 0.4) is 0 Å². The van der Waals surface area contributed by atoms with Crippen molar-refractivity contribution in [3.8, 4) is 0 Å². The van der Waals surface area contributed by atoms with Gasteiger partial charge in [-0.3, -0.25) is 50.8 Å². The van der Waals surface area contributed by atoms with Crippen molar-refractivity contribution in [2.75, 3.05) is 0 Å². The third-order valence-electron chi connectivity index (χ3n) is 27.6. The van der Waals surface area contributed by atoms with Crippen LogP contribution in [0, 0.1) is 27.7 Å². The number of hydrogen-bond acceptors (Lipinski definition) is 16. The van der Waals surface area contributed by atoms with Gasteiger partial charge in [0, 0.05) is 117 Å². The number of fused-ring (bicyclic) bond motifs is 24. The summed E-state index contributed by atoms with van der Waals surface area (Å²) in [6.07, 6.45) is 47.6. The van der Waals surface area contributed by atoms with Gasteiger partial charge in [-0.15, -0.1) is 0 Å². The number of allylic oxidation sites excluding steroid dienone is 4. The van der Waals surface area contributed by atoms with E-state index < -0.39 is 16.0 Å². The van der Waals surface area contributed by atoms with Gasteiger partial charge in [-0.25, -0.2) is 39.9 Å². The molecular formula is C114H135Br5N16O8. The van der Waals surface area contributed by atoms with Crippen LogP contribution in [-0.2, 0) is 81.7 Å². The zero-order chi connectivity index (χ0) is 98.0. The predicted molar refractivity (Wildman–Crippen MR) is 589 cm³/mol. The number of hydrogen-bond donors (Lipinski definition) is 2. The van der Waals surface area contributed by atoms with E-state index in [-0.39, 0.29) is 70.8 Å². The molecule has 4 atom stereocenters. The Balaban J connectivity index is 0.000000134. The number of carbonyl (C=O) groups excluding carboxylic acids is 6. The Morgan fingerprint density at radius 3 is 0.965 bits per heavy atom. The number of rotatable bonds is 0. The summed E-state index contributed by atoms with van der Waals surface area (Å²) in [5, 5.41) is 20.9. The fraction of sp³-hybridized carbons (Fsp3) is 0.421. The van der Waals surface area contributed by atoms with Crippen LogP contribution >= 0.6 is 79.6 Å². The van der Waals surface area contributed by atoms with E-state index in [1.54, 1.807) is 0 Å². The molecular weight excluding hydrogens is 2120 g/mol. The van der Waals surface area contributed by atoms with Crippen molar-refractivity contribution >= 4 is 171 Å². The molecule has 4 unspecified atom stereocenters. The second-order valence-corrected chi connectivity index (χ2v) is 43.5. The zero-order valence-corrected chi connectivity index (χ0v) is 88.6. The Morgan fingerprint density at radius 1 is 0.308 bits per heavy atom. The molecule has 26 rings (SSSR count). The molecule has 0 aromatic carbocycles. The molecule has 29 heteroatoms. The van der Waals surface area contributed by atoms with Crippen LogP contribution in [0.2, 0.25) is 0 Å². The van der Waals surface area contributed by atoms with Crippen LogP contribution in [0.4, 0.5) is 0 Å². The number of aliphatic hydroxyl groups is 2. The molecule has 0 aliphatic heterocycles. The van der Waals surface area contributed by atoms with E-state index in [0.717, 1.165) is 230 Å². The third kappa shape index (κ3) is 24.5. The van der Waals surface area contributed by atoms with Gasteiger partial charge in [-0.2, -0.15) is 0 Å². The fourth-order valence-corrected chi connectivity index (χ4v) is 22.7. The van der Waals surface area contributed by atoms with E-state index in [0.29, 0.717) is 50.4 Å². The lowest BCUT2D eigenvalue weighted by atomic mass is 9.87. The Hall–Kier alpha value is -10.7. The minimum atomic E-state index is -0.756. The molecule has 16 aromatic heterocycles. The summed E-state index contributed by atoms with van der Waals surface area (Å²) in [5.41, 5.74) is 32.1. The summed E-state index contributed by atoms with van der Waals surface area (Å²) >= 11 is 16.9. The number of aromatic nitrogens is 16. The van der Waals surface area contributed by atoms with Crippen LogP contribution in [0.15, 0.2) is 177 Å². The lowest BCUT2D eigenvalue weighted by Gasteiger charge is -2.28. The second-order valence-electron chi connectivity index (χ2n) is 38.9. The molecule has 10 aliphatic rings. The molecule has 24 nitrogen and oxygen atoms in total. The Morgan fingerprint density at radius 2 is 0.580 bits per heavy atom. The first-order valence-electron chi connectivity index (χ1n) is 48.8. The molecule has 2 fully saturated rings. The summed E-state index contributed by atoms with van der Waals surface area (Å²) in [6, 6.07) is 32.6. The van der Waals surface area contributed by atoms with Crippen molar-refractivity contribution in [2.24, 2.45) is 0 Å². The number of ketones is 6. The number of halogens is 5. The van der Waals surface area contributed by atoms with Crippen LogP contribution < -0.4 is 0 Å². The lowest BCUT2D eigenvalue weighted by molar-refractivity contribution is -0.130. The average molecular weight is 2260 g/mol. The SMILES string of the molecule is C.C.C.C.CC1(O)CCCc2nc3ccc(Br)cn3c21.CC1=CCCc2nc3ccc(Br)cn3c21.CC1=CCCc2nc3ccc(C)cn3c21.CC1CCCc2nc3ccc(Br)cn3c21.Cc1ccc2nc3c(n2c1)C(=O)CCC3.Cc1ccc2nc3c(n2c1)C(C)(O)CCC3.Cc1ccc2nc3c(n2c1)C(C)CCC3.O=C1CCCC(=O)C1.O=C1CCCC(=O)C1Br.O=C1CCCc2nc3ccc(Br)cn3c21. The van der Waals surface area contributed by atoms with Crippen molar-refractivity contribution in [1.82, 2.24) is 75.1 Å². The first kappa shape index (κ1) is 110. The van der Waals surface area contributed by atoms with Crippen molar-refractivity contribution in [3.63, 3.8) is 0 Å². The van der Waals surface area contributed by atoms with E-state index >= 15 is 0 Å². The summed E-state index contributed by atoms with van der Waals surface area (Å²) in [5.74, 6) is 2.03. The van der Waals surface area contributed by atoms with Gasteiger partial charge < -0.3 is 23.4 Å². The minimum Gasteiger partial charge on any atom is -0.384 e. The number of pyridine rings is 8. The average Bonchev–Trinajstić information content (AvgIpc) is 1.59. The molecule has 16 aromatic rings. The summed E-state index contributed by atoms with van der Waals surface area (Å²) < 4.78 is 21.0. The van der Waals surface area contributed by atoms with Gasteiger partial charge in [0.1, 0.15) is 84.2 Å². The van der Waals surface area contributed by atoms with E-state index in [9.17, 15) is 39.0 Å². The van der Waals surface area contributed by atoms with E-state index in [2.05, 4.69) is 272 Å². The number of nitrogens with zero attached hydrogens (tertiary/aromatic N) is 16. The predicted octanol–water partition coefficient (Wildman–Crippen LogP) is 27.0. The van der Waals surface area contributed by atoms with Gasteiger partial charge in [-0.05, 0) is 378 Å². The molecule has 2 saturated carbocycles. The minimum absolute atomic E-state index is 0. The zero-order valence-electron chi connectivity index (χ0n) is 80.6. The molecule has 0 amide bonds. The van der Waals surface area contributed by atoms with Crippen molar-refractivity contribution in [2.45, 2.75) is 313 Å². The maximum Gasteiger partial charge on any atom is 0.181 e. The largest absolute Gasteiger partial charge is 0.384 e. The van der Waals surface area contributed by atoms with E-state index in [1.807, 2.05) is 105 Å². The quantitative estimate of drug-likeness (QED) is 0.105. The van der Waals surface area contributed by atoms with Crippen LogP contribution in [0.1, 0.15) is 341 Å². The first-order valence-corrected chi connectivity index (χ1v) is 52.9.